The van der Waals surface area contributed by atoms with E-state index in [1.165, 1.54) is 0 Å². The number of hydrogen-bond donors (Lipinski definition) is 3. The Morgan fingerprint density at radius 3 is 2.53 bits per heavy atom. The van der Waals surface area contributed by atoms with E-state index in [-0.39, 0.29) is 0 Å². The maximum atomic E-state index is 10.1. The zero-order valence-corrected chi connectivity index (χ0v) is 10.2. The van der Waals surface area contributed by atoms with Crippen LogP contribution >= 0.6 is 0 Å². The second kappa shape index (κ2) is 3.98. The number of benzene rings is 1. The number of fused-ring (bicyclic) bond motifs is 1. The maximum Gasteiger partial charge on any atom is 0.132 e. The molecule has 4 nitrogen and oxygen atoms in total. The van der Waals surface area contributed by atoms with Crippen LogP contribution < -0.4 is 4.74 Å². The topological polar surface area (TPSA) is 69.9 Å². The maximum absolute atomic E-state index is 10.1. The molecule has 0 aliphatic carbocycles. The van der Waals surface area contributed by atoms with Crippen molar-refractivity contribution in [1.82, 2.24) is 0 Å². The highest BCUT2D eigenvalue weighted by Crippen LogP contribution is 2.40. The summed E-state index contributed by atoms with van der Waals surface area (Å²) in [7, 11) is 0. The SMILES string of the molecule is C[C@H](O)c1ccc2c(c1)[C@H](O)[C@@H](O)C(C)(C)O2. The van der Waals surface area contributed by atoms with Crippen molar-refractivity contribution in [2.75, 3.05) is 0 Å². The second-order valence-corrected chi connectivity index (χ2v) is 5.07. The fourth-order valence-corrected chi connectivity index (χ4v) is 2.04. The molecule has 0 unspecified atom stereocenters. The van der Waals surface area contributed by atoms with E-state index in [0.29, 0.717) is 16.9 Å². The molecule has 1 aromatic rings. The molecule has 2 rings (SSSR count). The number of hydrogen-bond acceptors (Lipinski definition) is 4. The van der Waals surface area contributed by atoms with E-state index in [2.05, 4.69) is 0 Å². The minimum atomic E-state index is -0.993. The Labute approximate surface area is 100 Å². The van der Waals surface area contributed by atoms with E-state index in [0.717, 1.165) is 0 Å². The molecule has 0 radical (unpaired) electrons. The van der Waals surface area contributed by atoms with Gasteiger partial charge in [0.1, 0.15) is 23.6 Å². The highest BCUT2D eigenvalue weighted by molar-refractivity contribution is 5.42. The molecule has 1 heterocycles. The summed E-state index contributed by atoms with van der Waals surface area (Å²) >= 11 is 0. The fourth-order valence-electron chi connectivity index (χ4n) is 2.04. The van der Waals surface area contributed by atoms with E-state index in [1.54, 1.807) is 39.0 Å². The summed E-state index contributed by atoms with van der Waals surface area (Å²) < 4.78 is 5.65. The van der Waals surface area contributed by atoms with Crippen LogP contribution in [-0.4, -0.2) is 27.0 Å². The number of aliphatic hydroxyl groups excluding tert-OH is 3. The van der Waals surface area contributed by atoms with Crippen molar-refractivity contribution in [2.45, 2.75) is 44.7 Å². The summed E-state index contributed by atoms with van der Waals surface area (Å²) in [6.07, 6.45) is -2.59. The van der Waals surface area contributed by atoms with Crippen LogP contribution in [0.3, 0.4) is 0 Å². The molecule has 0 bridgehead atoms. The molecule has 4 heteroatoms. The van der Waals surface area contributed by atoms with Gasteiger partial charge in [-0.05, 0) is 38.5 Å². The van der Waals surface area contributed by atoms with Gasteiger partial charge in [0.25, 0.3) is 0 Å². The average molecular weight is 238 g/mol. The van der Waals surface area contributed by atoms with Gasteiger partial charge in [0, 0.05) is 5.56 Å². The summed E-state index contributed by atoms with van der Waals surface area (Å²) in [5, 5.41) is 29.5. The van der Waals surface area contributed by atoms with Crippen LogP contribution in [0.2, 0.25) is 0 Å². The van der Waals surface area contributed by atoms with Gasteiger partial charge < -0.3 is 20.1 Å². The van der Waals surface area contributed by atoms with Gasteiger partial charge in [0.2, 0.25) is 0 Å². The van der Waals surface area contributed by atoms with Crippen LogP contribution in [0.15, 0.2) is 18.2 Å². The van der Waals surface area contributed by atoms with E-state index in [4.69, 9.17) is 4.74 Å². The van der Waals surface area contributed by atoms with Crippen LogP contribution in [0.25, 0.3) is 0 Å². The number of aliphatic hydroxyl groups is 3. The van der Waals surface area contributed by atoms with E-state index in [9.17, 15) is 15.3 Å². The van der Waals surface area contributed by atoms with Gasteiger partial charge in [-0.2, -0.15) is 0 Å². The van der Waals surface area contributed by atoms with Crippen molar-refractivity contribution in [2.24, 2.45) is 0 Å². The summed E-state index contributed by atoms with van der Waals surface area (Å²) in [5.74, 6) is 0.553. The first kappa shape index (κ1) is 12.4. The molecule has 94 valence electrons. The number of ether oxygens (including phenoxy) is 1. The highest BCUT2D eigenvalue weighted by atomic mass is 16.5. The van der Waals surface area contributed by atoms with Crippen molar-refractivity contribution in [3.63, 3.8) is 0 Å². The predicted octanol–water partition coefficient (Wildman–Crippen LogP) is 1.31. The normalized spacial score (nSPS) is 28.1. The van der Waals surface area contributed by atoms with Crippen molar-refractivity contribution in [3.8, 4) is 5.75 Å². The quantitative estimate of drug-likeness (QED) is 0.690. The average Bonchev–Trinajstić information content (AvgIpc) is 2.25. The van der Waals surface area contributed by atoms with Gasteiger partial charge in [-0.1, -0.05) is 6.07 Å². The Hall–Kier alpha value is -1.10. The molecular weight excluding hydrogens is 220 g/mol. The fraction of sp³-hybridized carbons (Fsp3) is 0.538. The predicted molar refractivity (Wildman–Crippen MR) is 62.7 cm³/mol. The zero-order chi connectivity index (χ0) is 12.8. The molecule has 0 saturated heterocycles. The highest BCUT2D eigenvalue weighted by Gasteiger charge is 2.42. The lowest BCUT2D eigenvalue weighted by molar-refractivity contribution is -0.111. The first-order valence-corrected chi connectivity index (χ1v) is 5.70. The molecule has 1 aliphatic heterocycles. The minimum Gasteiger partial charge on any atom is -0.485 e. The largest absolute Gasteiger partial charge is 0.485 e. The molecule has 3 N–H and O–H groups in total. The molecule has 0 spiro atoms. The summed E-state index contributed by atoms with van der Waals surface area (Å²) in [4.78, 5) is 0. The lowest BCUT2D eigenvalue weighted by Gasteiger charge is -2.40. The summed E-state index contributed by atoms with van der Waals surface area (Å²) in [6, 6.07) is 5.14. The smallest absolute Gasteiger partial charge is 0.132 e. The van der Waals surface area contributed by atoms with Crippen molar-refractivity contribution >= 4 is 0 Å². The molecule has 0 aromatic heterocycles. The molecule has 1 aliphatic rings. The third-order valence-corrected chi connectivity index (χ3v) is 3.22. The summed E-state index contributed by atoms with van der Waals surface area (Å²) in [5.41, 5.74) is 0.396. The lowest BCUT2D eigenvalue weighted by Crippen LogP contribution is -2.48. The van der Waals surface area contributed by atoms with E-state index < -0.39 is 23.9 Å². The molecule has 1 aromatic carbocycles. The van der Waals surface area contributed by atoms with Gasteiger partial charge in [-0.3, -0.25) is 0 Å². The lowest BCUT2D eigenvalue weighted by atomic mass is 9.87. The Bertz CT molecular complexity index is 425. The van der Waals surface area contributed by atoms with Crippen molar-refractivity contribution in [3.05, 3.63) is 29.3 Å². The molecule has 0 amide bonds. The van der Waals surface area contributed by atoms with Crippen LogP contribution in [0.4, 0.5) is 0 Å². The third-order valence-electron chi connectivity index (χ3n) is 3.22. The second-order valence-electron chi connectivity index (χ2n) is 5.07. The van der Waals surface area contributed by atoms with E-state index >= 15 is 0 Å². The van der Waals surface area contributed by atoms with Crippen LogP contribution in [-0.2, 0) is 0 Å². The third kappa shape index (κ3) is 2.04. The van der Waals surface area contributed by atoms with Gasteiger partial charge in [-0.25, -0.2) is 0 Å². The first-order chi connectivity index (χ1) is 7.83. The van der Waals surface area contributed by atoms with Gasteiger partial charge in [0.05, 0.1) is 6.10 Å². The van der Waals surface area contributed by atoms with Crippen LogP contribution in [0, 0.1) is 0 Å². The molecule has 17 heavy (non-hydrogen) atoms. The van der Waals surface area contributed by atoms with Crippen LogP contribution in [0.5, 0.6) is 5.75 Å². The first-order valence-electron chi connectivity index (χ1n) is 5.70. The molecular formula is C13H18O4. The standard InChI is InChI=1S/C13H18O4/c1-7(14)8-4-5-10-9(6-8)11(15)12(16)13(2,3)17-10/h4-7,11-12,14-16H,1-3H3/t7-,11-,12+/m0/s1. The molecule has 0 fully saturated rings. The Kier molecular flexibility index (Phi) is 2.89. The van der Waals surface area contributed by atoms with Gasteiger partial charge in [-0.15, -0.1) is 0 Å². The summed E-state index contributed by atoms with van der Waals surface area (Å²) in [6.45, 7) is 5.11. The Morgan fingerprint density at radius 2 is 1.94 bits per heavy atom. The Balaban J connectivity index is 2.47. The zero-order valence-electron chi connectivity index (χ0n) is 10.2. The van der Waals surface area contributed by atoms with Crippen LogP contribution in [0.1, 0.15) is 44.1 Å². The van der Waals surface area contributed by atoms with Gasteiger partial charge in [0.15, 0.2) is 0 Å². The monoisotopic (exact) mass is 238 g/mol. The minimum absolute atomic E-state index is 0.523. The number of rotatable bonds is 1. The van der Waals surface area contributed by atoms with E-state index in [1.807, 2.05) is 0 Å². The van der Waals surface area contributed by atoms with Crippen molar-refractivity contribution in [1.29, 1.82) is 0 Å². The molecule has 3 atom stereocenters. The molecule has 0 saturated carbocycles. The Morgan fingerprint density at radius 1 is 1.29 bits per heavy atom. The van der Waals surface area contributed by atoms with Crippen molar-refractivity contribution < 1.29 is 20.1 Å². The van der Waals surface area contributed by atoms with Gasteiger partial charge >= 0.3 is 0 Å².